The van der Waals surface area contributed by atoms with E-state index in [0.29, 0.717) is 11.3 Å². The van der Waals surface area contributed by atoms with Gasteiger partial charge in [-0.15, -0.1) is 0 Å². The molecule has 0 saturated carbocycles. The summed E-state index contributed by atoms with van der Waals surface area (Å²) in [5.74, 6) is 0.443. The number of hydrogen-bond donors (Lipinski definition) is 2. The zero-order chi connectivity index (χ0) is 21.9. The monoisotopic (exact) mass is 429 g/mol. The third kappa shape index (κ3) is 6.73. The molecule has 0 saturated heterocycles. The fraction of sp³-hybridized carbons (Fsp3) is 0.160. The Kier molecular flexibility index (Phi) is 8.27. The van der Waals surface area contributed by atoms with Crippen LogP contribution in [-0.2, 0) is 10.5 Å². The van der Waals surface area contributed by atoms with Crippen molar-refractivity contribution in [1.29, 1.82) is 5.26 Å². The van der Waals surface area contributed by atoms with Gasteiger partial charge < -0.3 is 10.6 Å². The minimum atomic E-state index is -0.733. The predicted octanol–water partition coefficient (Wildman–Crippen LogP) is 4.03. The lowest BCUT2D eigenvalue weighted by atomic mass is 10.0. The third-order valence-electron chi connectivity index (χ3n) is 4.61. The van der Waals surface area contributed by atoms with Crippen LogP contribution in [0.2, 0.25) is 0 Å². The van der Waals surface area contributed by atoms with Crippen LogP contribution in [0.5, 0.6) is 0 Å². The molecule has 31 heavy (non-hydrogen) atoms. The maximum Gasteiger partial charge on any atom is 0.251 e. The minimum Gasteiger partial charge on any atom is -0.341 e. The van der Waals surface area contributed by atoms with Gasteiger partial charge in [0.2, 0.25) is 5.91 Å². The van der Waals surface area contributed by atoms with Gasteiger partial charge in [-0.25, -0.2) is 0 Å². The van der Waals surface area contributed by atoms with Crippen LogP contribution in [-0.4, -0.2) is 30.2 Å². The molecule has 0 heterocycles. The Bertz CT molecular complexity index is 1030. The van der Waals surface area contributed by atoms with Crippen LogP contribution in [0.25, 0.3) is 11.1 Å². The summed E-state index contributed by atoms with van der Waals surface area (Å²) in [6.45, 7) is -0.0969. The van der Waals surface area contributed by atoms with Gasteiger partial charge in [0.1, 0.15) is 12.6 Å². The molecule has 6 heteroatoms. The molecule has 2 amide bonds. The lowest BCUT2D eigenvalue weighted by molar-refractivity contribution is -0.122. The number of carbonyl (C=O) groups is 2. The molecule has 0 aliphatic heterocycles. The number of nitrogens with zero attached hydrogens (tertiary/aromatic N) is 1. The van der Waals surface area contributed by atoms with Crippen molar-refractivity contribution in [2.75, 3.05) is 12.3 Å². The number of thioether (sulfide) groups is 1. The van der Waals surface area contributed by atoms with Crippen molar-refractivity contribution >= 4 is 23.6 Å². The van der Waals surface area contributed by atoms with E-state index >= 15 is 0 Å². The van der Waals surface area contributed by atoms with Crippen LogP contribution in [0.15, 0.2) is 84.9 Å². The van der Waals surface area contributed by atoms with Crippen molar-refractivity contribution in [2.24, 2.45) is 0 Å². The van der Waals surface area contributed by atoms with Crippen LogP contribution < -0.4 is 10.6 Å². The molecular weight excluding hydrogens is 406 g/mol. The van der Waals surface area contributed by atoms with E-state index in [1.54, 1.807) is 23.9 Å². The molecule has 3 rings (SSSR count). The van der Waals surface area contributed by atoms with Gasteiger partial charge in [-0.2, -0.15) is 17.0 Å². The van der Waals surface area contributed by atoms with Gasteiger partial charge in [0.15, 0.2) is 0 Å². The van der Waals surface area contributed by atoms with Crippen LogP contribution in [0.3, 0.4) is 0 Å². The maximum atomic E-state index is 12.7. The van der Waals surface area contributed by atoms with Crippen molar-refractivity contribution in [1.82, 2.24) is 10.6 Å². The van der Waals surface area contributed by atoms with Crippen LogP contribution in [0.4, 0.5) is 0 Å². The molecule has 0 spiro atoms. The number of nitrogens with one attached hydrogen (secondary N) is 2. The Labute approximate surface area is 186 Å². The second kappa shape index (κ2) is 11.6. The summed E-state index contributed by atoms with van der Waals surface area (Å²) >= 11 is 1.55. The molecule has 0 bridgehead atoms. The molecule has 0 fully saturated rings. The molecule has 5 nitrogen and oxygen atoms in total. The molecule has 0 aliphatic carbocycles. The summed E-state index contributed by atoms with van der Waals surface area (Å²) in [5.41, 5.74) is 3.71. The largest absolute Gasteiger partial charge is 0.341 e. The maximum absolute atomic E-state index is 12.7. The summed E-state index contributed by atoms with van der Waals surface area (Å²) < 4.78 is 0. The van der Waals surface area contributed by atoms with Crippen molar-refractivity contribution in [2.45, 2.75) is 11.8 Å². The second-order valence-corrected chi connectivity index (χ2v) is 7.88. The molecular formula is C25H23N3O2S. The summed E-state index contributed by atoms with van der Waals surface area (Å²) in [5, 5.41) is 14.1. The molecule has 3 aromatic carbocycles. The molecule has 0 aromatic heterocycles. The predicted molar refractivity (Wildman–Crippen MR) is 124 cm³/mol. The first-order chi connectivity index (χ1) is 15.2. The summed E-state index contributed by atoms with van der Waals surface area (Å²) in [6, 6.07) is 28.3. The topological polar surface area (TPSA) is 82.0 Å². The first-order valence-corrected chi connectivity index (χ1v) is 11.1. The average molecular weight is 430 g/mol. The zero-order valence-corrected chi connectivity index (χ0v) is 17.8. The highest BCUT2D eigenvalue weighted by Crippen LogP contribution is 2.19. The minimum absolute atomic E-state index is 0.0969. The van der Waals surface area contributed by atoms with E-state index in [4.69, 9.17) is 5.26 Å². The van der Waals surface area contributed by atoms with Crippen molar-refractivity contribution in [3.8, 4) is 17.2 Å². The average Bonchev–Trinajstić information content (AvgIpc) is 2.83. The van der Waals surface area contributed by atoms with Gasteiger partial charge in [0.05, 0.1) is 6.07 Å². The van der Waals surface area contributed by atoms with Gasteiger partial charge in [0, 0.05) is 17.1 Å². The van der Waals surface area contributed by atoms with Crippen molar-refractivity contribution in [3.05, 3.63) is 96.1 Å². The van der Waals surface area contributed by atoms with Crippen LogP contribution in [0.1, 0.15) is 15.9 Å². The van der Waals surface area contributed by atoms with Crippen molar-refractivity contribution in [3.63, 3.8) is 0 Å². The highest BCUT2D eigenvalue weighted by Gasteiger charge is 2.21. The highest BCUT2D eigenvalue weighted by molar-refractivity contribution is 7.98. The molecule has 1 unspecified atom stereocenters. The van der Waals surface area contributed by atoms with Gasteiger partial charge in [-0.05, 0) is 28.8 Å². The smallest absolute Gasteiger partial charge is 0.251 e. The first-order valence-electron chi connectivity index (χ1n) is 9.90. The van der Waals surface area contributed by atoms with Gasteiger partial charge >= 0.3 is 0 Å². The fourth-order valence-electron chi connectivity index (χ4n) is 2.99. The van der Waals surface area contributed by atoms with Crippen LogP contribution >= 0.6 is 11.8 Å². The number of carbonyl (C=O) groups excluding carboxylic acids is 2. The van der Waals surface area contributed by atoms with Crippen molar-refractivity contribution < 1.29 is 9.59 Å². The van der Waals surface area contributed by atoms with E-state index in [-0.39, 0.29) is 18.4 Å². The molecule has 3 aromatic rings. The van der Waals surface area contributed by atoms with E-state index in [0.717, 1.165) is 22.4 Å². The molecule has 2 N–H and O–H groups in total. The number of nitriles is 1. The molecule has 0 radical (unpaired) electrons. The molecule has 1 atom stereocenters. The first kappa shape index (κ1) is 22.1. The lowest BCUT2D eigenvalue weighted by Crippen LogP contribution is -2.48. The van der Waals surface area contributed by atoms with Gasteiger partial charge in [0.25, 0.3) is 5.91 Å². The second-order valence-electron chi connectivity index (χ2n) is 6.85. The fourth-order valence-corrected chi connectivity index (χ4v) is 4.00. The molecule has 156 valence electrons. The Morgan fingerprint density at radius 2 is 1.48 bits per heavy atom. The van der Waals surface area contributed by atoms with E-state index in [9.17, 15) is 9.59 Å². The van der Waals surface area contributed by atoms with E-state index < -0.39 is 6.04 Å². The number of benzene rings is 3. The Morgan fingerprint density at radius 1 is 0.871 bits per heavy atom. The number of amides is 2. The standard InChI is InChI=1S/C25H23N3O2S/c26-15-16-27-25(30)23(18-31-17-19-7-3-1-4-8-19)28-24(29)22-13-11-21(12-14-22)20-9-5-2-6-10-20/h1-14,23H,16-18H2,(H,27,30)(H,28,29). The highest BCUT2D eigenvalue weighted by atomic mass is 32.2. The Balaban J connectivity index is 1.63. The van der Waals surface area contributed by atoms with E-state index in [2.05, 4.69) is 10.6 Å². The van der Waals surface area contributed by atoms with Crippen LogP contribution in [0, 0.1) is 11.3 Å². The Hall–Kier alpha value is -3.56. The lowest BCUT2D eigenvalue weighted by Gasteiger charge is -2.18. The Morgan fingerprint density at radius 3 is 2.13 bits per heavy atom. The summed E-state index contributed by atoms with van der Waals surface area (Å²) in [6.07, 6.45) is 0. The summed E-state index contributed by atoms with van der Waals surface area (Å²) in [7, 11) is 0. The SMILES string of the molecule is N#CCNC(=O)C(CSCc1ccccc1)NC(=O)c1ccc(-c2ccccc2)cc1. The number of rotatable bonds is 9. The quantitative estimate of drug-likeness (QED) is 0.503. The van der Waals surface area contributed by atoms with E-state index in [1.807, 2.05) is 78.9 Å². The van der Waals surface area contributed by atoms with Gasteiger partial charge in [-0.1, -0.05) is 72.8 Å². The van der Waals surface area contributed by atoms with Gasteiger partial charge in [-0.3, -0.25) is 9.59 Å². The normalized spacial score (nSPS) is 11.2. The third-order valence-corrected chi connectivity index (χ3v) is 5.72. The number of hydrogen-bond acceptors (Lipinski definition) is 4. The zero-order valence-electron chi connectivity index (χ0n) is 17.0. The molecule has 0 aliphatic rings. The summed E-state index contributed by atoms with van der Waals surface area (Å²) in [4.78, 5) is 25.2. The van der Waals surface area contributed by atoms with E-state index in [1.165, 1.54) is 0 Å².